The molecule has 0 saturated heterocycles. The molecule has 2 aromatic rings. The maximum absolute atomic E-state index is 11.3. The van der Waals surface area contributed by atoms with E-state index in [9.17, 15) is 9.59 Å². The van der Waals surface area contributed by atoms with Crippen molar-refractivity contribution >= 4 is 28.6 Å². The number of carboxylic acid groups (broad SMARTS) is 1. The van der Waals surface area contributed by atoms with Crippen molar-refractivity contribution in [2.45, 2.75) is 19.4 Å². The van der Waals surface area contributed by atoms with Crippen LogP contribution in [0.15, 0.2) is 24.3 Å². The number of hydrogen-bond donors (Lipinski definition) is 1. The van der Waals surface area contributed by atoms with E-state index in [1.807, 2.05) is 37.1 Å². The Labute approximate surface area is 120 Å². The second-order valence-corrected chi connectivity index (χ2v) is 5.01. The van der Waals surface area contributed by atoms with Crippen LogP contribution >= 0.6 is 0 Å². The molecule has 0 aliphatic carbocycles. The van der Waals surface area contributed by atoms with Gasteiger partial charge in [0.05, 0.1) is 24.7 Å². The SMILES string of the molecule is CON1C(=C=O)n2c(cc3ccc(C)cc32)C1CC(=O)O. The molecule has 1 aromatic carbocycles. The molecule has 0 bridgehead atoms. The van der Waals surface area contributed by atoms with Crippen LogP contribution in [0.25, 0.3) is 16.7 Å². The summed E-state index contributed by atoms with van der Waals surface area (Å²) in [5, 5.41) is 11.3. The largest absolute Gasteiger partial charge is 0.481 e. The van der Waals surface area contributed by atoms with Crippen molar-refractivity contribution in [1.29, 1.82) is 0 Å². The molecule has 1 aromatic heterocycles. The molecule has 1 aliphatic rings. The van der Waals surface area contributed by atoms with Crippen molar-refractivity contribution in [3.05, 3.63) is 35.5 Å². The van der Waals surface area contributed by atoms with Crippen LogP contribution in [0, 0.1) is 6.92 Å². The second-order valence-electron chi connectivity index (χ2n) is 5.01. The molecule has 6 nitrogen and oxygen atoms in total. The highest BCUT2D eigenvalue weighted by Crippen LogP contribution is 2.41. The van der Waals surface area contributed by atoms with Crippen molar-refractivity contribution < 1.29 is 19.5 Å². The number of nitrogens with zero attached hydrogens (tertiary/aromatic N) is 2. The number of carbonyl (C=O) groups is 1. The summed E-state index contributed by atoms with van der Waals surface area (Å²) in [4.78, 5) is 27.6. The molecule has 0 spiro atoms. The number of carboxylic acids is 1. The van der Waals surface area contributed by atoms with E-state index in [1.54, 1.807) is 4.57 Å². The highest BCUT2D eigenvalue weighted by atomic mass is 16.7. The van der Waals surface area contributed by atoms with Crippen molar-refractivity contribution in [3.63, 3.8) is 0 Å². The lowest BCUT2D eigenvalue weighted by Gasteiger charge is -2.21. The minimum absolute atomic E-state index is 0.158. The van der Waals surface area contributed by atoms with Crippen LogP contribution < -0.4 is 0 Å². The first-order valence-electron chi connectivity index (χ1n) is 6.49. The lowest BCUT2D eigenvalue weighted by Crippen LogP contribution is -2.23. The summed E-state index contributed by atoms with van der Waals surface area (Å²) in [7, 11) is 1.41. The zero-order valence-corrected chi connectivity index (χ0v) is 11.7. The smallest absolute Gasteiger partial charge is 0.305 e. The number of aromatic nitrogens is 1. The van der Waals surface area contributed by atoms with Gasteiger partial charge in [0.25, 0.3) is 0 Å². The molecular formula is C15H14N2O4. The van der Waals surface area contributed by atoms with Gasteiger partial charge in [-0.1, -0.05) is 12.1 Å². The van der Waals surface area contributed by atoms with Gasteiger partial charge in [-0.3, -0.25) is 14.2 Å². The number of rotatable bonds is 3. The van der Waals surface area contributed by atoms with Gasteiger partial charge in [-0.15, -0.1) is 0 Å². The fourth-order valence-electron chi connectivity index (χ4n) is 2.84. The molecule has 108 valence electrons. The summed E-state index contributed by atoms with van der Waals surface area (Å²) in [5.41, 5.74) is 2.62. The molecule has 0 radical (unpaired) electrons. The molecule has 6 heteroatoms. The fourth-order valence-corrected chi connectivity index (χ4v) is 2.84. The van der Waals surface area contributed by atoms with Crippen LogP contribution in [0.3, 0.4) is 0 Å². The highest BCUT2D eigenvalue weighted by Gasteiger charge is 2.38. The molecule has 3 rings (SSSR count). The Balaban J connectivity index is 2.27. The Hall–Kier alpha value is -2.56. The summed E-state index contributed by atoms with van der Waals surface area (Å²) in [6, 6.07) is 7.22. The number of aryl methyl sites for hydroxylation is 1. The molecule has 0 amide bonds. The molecule has 1 aliphatic heterocycles. The van der Waals surface area contributed by atoms with Crippen LogP contribution in [-0.2, 0) is 14.4 Å². The molecule has 21 heavy (non-hydrogen) atoms. The minimum atomic E-state index is -0.956. The average molecular weight is 286 g/mol. The molecule has 2 heterocycles. The molecule has 0 saturated carbocycles. The molecule has 1 atom stereocenters. The first-order valence-corrected chi connectivity index (χ1v) is 6.49. The molecule has 1 unspecified atom stereocenters. The predicted octanol–water partition coefficient (Wildman–Crippen LogP) is 1.97. The third-order valence-corrected chi connectivity index (χ3v) is 3.69. The van der Waals surface area contributed by atoms with E-state index in [0.29, 0.717) is 0 Å². The van der Waals surface area contributed by atoms with Crippen molar-refractivity contribution in [3.8, 4) is 0 Å². The zero-order chi connectivity index (χ0) is 15.1. The van der Waals surface area contributed by atoms with Crippen LogP contribution in [0.4, 0.5) is 0 Å². The third kappa shape index (κ3) is 1.93. The normalized spacial score (nSPS) is 17.1. The van der Waals surface area contributed by atoms with E-state index >= 15 is 0 Å². The second kappa shape index (κ2) is 4.77. The lowest BCUT2D eigenvalue weighted by atomic mass is 10.1. The van der Waals surface area contributed by atoms with Crippen molar-refractivity contribution in [2.24, 2.45) is 0 Å². The number of carbonyl (C=O) groups excluding carboxylic acids is 1. The van der Waals surface area contributed by atoms with E-state index in [0.717, 1.165) is 22.2 Å². The standard InChI is InChI=1S/C15H14N2O4/c1-9-3-4-10-6-12-13(7-15(19)20)17(21-2)14(8-18)16(12)11(10)5-9/h3-6,13H,7H2,1-2H3,(H,19,20). The Kier molecular flexibility index (Phi) is 3.05. The maximum Gasteiger partial charge on any atom is 0.305 e. The number of hydroxylamine groups is 2. The van der Waals surface area contributed by atoms with Crippen LogP contribution in [0.1, 0.15) is 23.7 Å². The highest BCUT2D eigenvalue weighted by molar-refractivity contribution is 5.91. The summed E-state index contributed by atoms with van der Waals surface area (Å²) >= 11 is 0. The minimum Gasteiger partial charge on any atom is -0.481 e. The Bertz CT molecular complexity index is 786. The molecule has 0 fully saturated rings. The Morgan fingerprint density at radius 1 is 1.43 bits per heavy atom. The number of hydrogen-bond acceptors (Lipinski definition) is 4. The first kappa shape index (κ1) is 13.4. The summed E-state index contributed by atoms with van der Waals surface area (Å²) < 4.78 is 1.71. The average Bonchev–Trinajstić information content (AvgIpc) is 2.93. The fraction of sp³-hybridized carbons (Fsp3) is 0.267. The maximum atomic E-state index is 11.3. The van der Waals surface area contributed by atoms with E-state index in [2.05, 4.69) is 0 Å². The van der Waals surface area contributed by atoms with E-state index in [1.165, 1.54) is 12.2 Å². The van der Waals surface area contributed by atoms with E-state index in [4.69, 9.17) is 9.94 Å². The van der Waals surface area contributed by atoms with Gasteiger partial charge < -0.3 is 5.11 Å². The van der Waals surface area contributed by atoms with E-state index in [-0.39, 0.29) is 12.2 Å². The van der Waals surface area contributed by atoms with E-state index < -0.39 is 12.0 Å². The van der Waals surface area contributed by atoms with Gasteiger partial charge in [0.2, 0.25) is 5.82 Å². The summed E-state index contributed by atoms with van der Waals surface area (Å²) in [6.07, 6.45) is -0.158. The number of benzene rings is 1. The van der Waals surface area contributed by atoms with Gasteiger partial charge >= 0.3 is 5.97 Å². The topological polar surface area (TPSA) is 71.8 Å². The zero-order valence-electron chi connectivity index (χ0n) is 11.7. The van der Waals surface area contributed by atoms with Crippen LogP contribution in [0.2, 0.25) is 0 Å². The van der Waals surface area contributed by atoms with Crippen molar-refractivity contribution in [1.82, 2.24) is 9.63 Å². The molecular weight excluding hydrogens is 272 g/mol. The number of fused-ring (bicyclic) bond motifs is 3. The van der Waals surface area contributed by atoms with Gasteiger partial charge in [-0.2, -0.15) is 0 Å². The van der Waals surface area contributed by atoms with Gasteiger partial charge in [0.1, 0.15) is 6.04 Å². The monoisotopic (exact) mass is 286 g/mol. The van der Waals surface area contributed by atoms with Crippen LogP contribution in [-0.4, -0.2) is 33.8 Å². The molecule has 1 N–H and O–H groups in total. The summed E-state index contributed by atoms with van der Waals surface area (Å²) in [6.45, 7) is 1.96. The van der Waals surface area contributed by atoms with Crippen molar-refractivity contribution in [2.75, 3.05) is 7.11 Å². The Morgan fingerprint density at radius 3 is 2.81 bits per heavy atom. The van der Waals surface area contributed by atoms with Gasteiger partial charge in [-0.25, -0.2) is 9.86 Å². The predicted molar refractivity (Wildman–Crippen MR) is 75.9 cm³/mol. The third-order valence-electron chi connectivity index (χ3n) is 3.69. The quantitative estimate of drug-likeness (QED) is 0.873. The van der Waals surface area contributed by atoms with Gasteiger partial charge in [-0.05, 0) is 24.6 Å². The van der Waals surface area contributed by atoms with Crippen LogP contribution in [0.5, 0.6) is 0 Å². The number of aliphatic carboxylic acids is 1. The first-order chi connectivity index (χ1) is 10.1. The Morgan fingerprint density at radius 2 is 2.19 bits per heavy atom. The lowest BCUT2D eigenvalue weighted by molar-refractivity contribution is -0.145. The van der Waals surface area contributed by atoms with Gasteiger partial charge in [0, 0.05) is 5.39 Å². The summed E-state index contributed by atoms with van der Waals surface area (Å²) in [5.74, 6) is 1.08. The van der Waals surface area contributed by atoms with Gasteiger partial charge in [0.15, 0.2) is 5.94 Å².